The quantitative estimate of drug-likeness (QED) is 0.454. The van der Waals surface area contributed by atoms with E-state index in [0.717, 1.165) is 17.4 Å². The lowest BCUT2D eigenvalue weighted by atomic mass is 10.0. The number of rotatable bonds is 3. The average Bonchev–Trinajstić information content (AvgIpc) is 3.04. The van der Waals surface area contributed by atoms with Crippen molar-refractivity contribution < 1.29 is 14.3 Å². The summed E-state index contributed by atoms with van der Waals surface area (Å²) in [4.78, 5) is 16.4. The second-order valence-corrected chi connectivity index (χ2v) is 6.79. The van der Waals surface area contributed by atoms with Crippen LogP contribution in [0.25, 0.3) is 33.3 Å². The zero-order valence-corrected chi connectivity index (χ0v) is 15.2. The molecule has 0 fully saturated rings. The van der Waals surface area contributed by atoms with Crippen molar-refractivity contribution in [2.45, 2.75) is 13.3 Å². The number of aromatic carboxylic acids is 1. The third kappa shape index (κ3) is 2.71. The molecule has 0 aliphatic carbocycles. The van der Waals surface area contributed by atoms with Gasteiger partial charge < -0.3 is 9.52 Å². The molecule has 0 atom stereocenters. The lowest BCUT2D eigenvalue weighted by molar-refractivity contribution is 0.0699. The Labute approximate surface area is 159 Å². The van der Waals surface area contributed by atoms with E-state index in [1.165, 1.54) is 6.07 Å². The van der Waals surface area contributed by atoms with Crippen LogP contribution in [0.15, 0.2) is 46.9 Å². The Morgan fingerprint density at radius 3 is 2.73 bits per heavy atom. The van der Waals surface area contributed by atoms with Gasteiger partial charge in [-0.3, -0.25) is 0 Å². The molecular weight excluding hydrogens is 373 g/mol. The highest BCUT2D eigenvalue weighted by Gasteiger charge is 2.17. The summed E-state index contributed by atoms with van der Waals surface area (Å²) in [5.74, 6) is -0.566. The van der Waals surface area contributed by atoms with Gasteiger partial charge >= 0.3 is 5.97 Å². The maximum absolute atomic E-state index is 11.8. The van der Waals surface area contributed by atoms with Gasteiger partial charge in [0.2, 0.25) is 0 Å². The van der Waals surface area contributed by atoms with E-state index in [0.29, 0.717) is 38.0 Å². The largest absolute Gasteiger partial charge is 0.478 e. The molecule has 26 heavy (non-hydrogen) atoms. The van der Waals surface area contributed by atoms with Gasteiger partial charge in [-0.1, -0.05) is 48.3 Å². The van der Waals surface area contributed by atoms with Crippen LogP contribution in [0.5, 0.6) is 0 Å². The third-order valence-corrected chi connectivity index (χ3v) is 4.82. The van der Waals surface area contributed by atoms with Crippen LogP contribution in [0.4, 0.5) is 0 Å². The first-order valence-electron chi connectivity index (χ1n) is 8.03. The highest BCUT2D eigenvalue weighted by atomic mass is 35.5. The Kier molecular flexibility index (Phi) is 4.10. The summed E-state index contributed by atoms with van der Waals surface area (Å²) in [6.07, 6.45) is 0.744. The average molecular weight is 386 g/mol. The second-order valence-electron chi connectivity index (χ2n) is 5.94. The number of halogens is 2. The molecule has 6 heteroatoms. The Morgan fingerprint density at radius 2 is 2.00 bits per heavy atom. The second kappa shape index (κ2) is 6.31. The van der Waals surface area contributed by atoms with Gasteiger partial charge in [0.15, 0.2) is 11.3 Å². The number of pyridine rings is 1. The molecule has 0 saturated carbocycles. The van der Waals surface area contributed by atoms with Gasteiger partial charge in [-0.25, -0.2) is 9.78 Å². The third-order valence-electron chi connectivity index (χ3n) is 4.32. The van der Waals surface area contributed by atoms with Gasteiger partial charge in [-0.05, 0) is 36.2 Å². The molecule has 2 aromatic carbocycles. The fraction of sp³-hybridized carbons (Fsp3) is 0.100. The zero-order valence-electron chi connectivity index (χ0n) is 13.7. The molecule has 4 rings (SSSR count). The predicted octanol–water partition coefficient (Wildman–Crippen LogP) is 6.22. The van der Waals surface area contributed by atoms with E-state index in [4.69, 9.17) is 27.6 Å². The summed E-state index contributed by atoms with van der Waals surface area (Å²) in [6.45, 7) is 2.01. The molecule has 0 aliphatic heterocycles. The summed E-state index contributed by atoms with van der Waals surface area (Å²) >= 11 is 12.2. The zero-order chi connectivity index (χ0) is 18.4. The van der Waals surface area contributed by atoms with Crippen LogP contribution >= 0.6 is 23.2 Å². The van der Waals surface area contributed by atoms with Crippen LogP contribution in [0.3, 0.4) is 0 Å². The topological polar surface area (TPSA) is 63.3 Å². The minimum absolute atomic E-state index is 0.185. The number of aryl methyl sites for hydroxylation is 1. The van der Waals surface area contributed by atoms with E-state index < -0.39 is 5.97 Å². The van der Waals surface area contributed by atoms with Crippen LogP contribution in [0, 0.1) is 0 Å². The van der Waals surface area contributed by atoms with Gasteiger partial charge in [0.25, 0.3) is 0 Å². The van der Waals surface area contributed by atoms with Crippen molar-refractivity contribution >= 4 is 51.0 Å². The minimum Gasteiger partial charge on any atom is -0.478 e. The van der Waals surface area contributed by atoms with Crippen LogP contribution in [-0.2, 0) is 6.42 Å². The molecular formula is C20H13Cl2NO3. The standard InChI is InChI=1S/C20H13Cl2NO3/c1-2-10-4-3-5-13-14(20(24)25)9-16(23-18(10)13)17-7-11-6-12(21)8-15(22)19(11)26-17/h3-9H,2H2,1H3,(H,24,25). The first-order valence-corrected chi connectivity index (χ1v) is 8.78. The van der Waals surface area contributed by atoms with Crippen molar-refractivity contribution in [3.05, 3.63) is 63.6 Å². The summed E-state index contributed by atoms with van der Waals surface area (Å²) in [6, 6.07) is 12.2. The van der Waals surface area contributed by atoms with Gasteiger partial charge in [-0.15, -0.1) is 0 Å². The van der Waals surface area contributed by atoms with E-state index in [9.17, 15) is 9.90 Å². The van der Waals surface area contributed by atoms with E-state index in [1.54, 1.807) is 24.3 Å². The maximum atomic E-state index is 11.8. The predicted molar refractivity (Wildman–Crippen MR) is 103 cm³/mol. The van der Waals surface area contributed by atoms with E-state index in [2.05, 4.69) is 4.98 Å². The minimum atomic E-state index is -1.01. The molecule has 0 amide bonds. The first-order chi connectivity index (χ1) is 12.5. The fourth-order valence-corrected chi connectivity index (χ4v) is 3.65. The molecule has 0 bridgehead atoms. The first kappa shape index (κ1) is 16.9. The Balaban J connectivity index is 2.02. The number of para-hydroxylation sites is 1. The van der Waals surface area contributed by atoms with Crippen LogP contribution in [0.2, 0.25) is 10.0 Å². The number of carboxylic acid groups (broad SMARTS) is 1. The van der Waals surface area contributed by atoms with Crippen LogP contribution in [-0.4, -0.2) is 16.1 Å². The number of furan rings is 1. The molecule has 0 saturated heterocycles. The van der Waals surface area contributed by atoms with E-state index >= 15 is 0 Å². The number of aromatic nitrogens is 1. The summed E-state index contributed by atoms with van der Waals surface area (Å²) < 4.78 is 5.85. The van der Waals surface area contributed by atoms with Gasteiger partial charge in [0, 0.05) is 15.8 Å². The number of hydrogen-bond acceptors (Lipinski definition) is 3. The number of nitrogens with zero attached hydrogens (tertiary/aromatic N) is 1. The van der Waals surface area contributed by atoms with Gasteiger partial charge in [0.1, 0.15) is 5.69 Å². The van der Waals surface area contributed by atoms with Crippen molar-refractivity contribution in [3.8, 4) is 11.5 Å². The maximum Gasteiger partial charge on any atom is 0.336 e. The number of fused-ring (bicyclic) bond motifs is 2. The highest BCUT2D eigenvalue weighted by Crippen LogP contribution is 2.35. The van der Waals surface area contributed by atoms with Gasteiger partial charge in [0.05, 0.1) is 16.1 Å². The fourth-order valence-electron chi connectivity index (χ4n) is 3.10. The van der Waals surface area contributed by atoms with Crippen LogP contribution in [0.1, 0.15) is 22.8 Å². The molecule has 2 aromatic heterocycles. The molecule has 0 spiro atoms. The Morgan fingerprint density at radius 1 is 1.19 bits per heavy atom. The number of carbonyl (C=O) groups is 1. The van der Waals surface area contributed by atoms with Crippen LogP contribution < -0.4 is 0 Å². The van der Waals surface area contributed by atoms with Gasteiger partial charge in [-0.2, -0.15) is 0 Å². The van der Waals surface area contributed by atoms with E-state index in [1.807, 2.05) is 19.1 Å². The monoisotopic (exact) mass is 385 g/mol. The molecule has 1 N–H and O–H groups in total. The summed E-state index contributed by atoms with van der Waals surface area (Å²) in [5.41, 5.74) is 2.76. The van der Waals surface area contributed by atoms with Crippen molar-refractivity contribution in [1.82, 2.24) is 4.98 Å². The molecule has 0 aliphatic rings. The lowest BCUT2D eigenvalue weighted by Crippen LogP contribution is -2.01. The summed E-state index contributed by atoms with van der Waals surface area (Å²) in [7, 11) is 0. The van der Waals surface area contributed by atoms with Crippen molar-refractivity contribution in [2.75, 3.05) is 0 Å². The normalized spacial score (nSPS) is 11.3. The smallest absolute Gasteiger partial charge is 0.336 e. The number of hydrogen-bond donors (Lipinski definition) is 1. The lowest BCUT2D eigenvalue weighted by Gasteiger charge is -2.08. The highest BCUT2D eigenvalue weighted by molar-refractivity contribution is 6.38. The number of carboxylic acids is 1. The van der Waals surface area contributed by atoms with Crippen molar-refractivity contribution in [3.63, 3.8) is 0 Å². The molecule has 2 heterocycles. The van der Waals surface area contributed by atoms with Crippen molar-refractivity contribution in [1.29, 1.82) is 0 Å². The SMILES string of the molecule is CCc1cccc2c(C(=O)O)cc(-c3cc4cc(Cl)cc(Cl)c4o3)nc12. The molecule has 0 radical (unpaired) electrons. The molecule has 0 unspecified atom stereocenters. The Hall–Kier alpha value is -2.56. The molecule has 4 aromatic rings. The summed E-state index contributed by atoms with van der Waals surface area (Å²) in [5, 5.41) is 11.9. The molecule has 130 valence electrons. The van der Waals surface area contributed by atoms with E-state index in [-0.39, 0.29) is 5.56 Å². The Bertz CT molecular complexity index is 1180. The molecule has 4 nitrogen and oxygen atoms in total. The number of benzene rings is 2. The van der Waals surface area contributed by atoms with Crippen molar-refractivity contribution in [2.24, 2.45) is 0 Å².